The maximum absolute atomic E-state index is 13.1. The van der Waals surface area contributed by atoms with Gasteiger partial charge in [-0.2, -0.15) is 0 Å². The Bertz CT molecular complexity index is 1030. The first kappa shape index (κ1) is 20.9. The van der Waals surface area contributed by atoms with E-state index in [1.807, 2.05) is 0 Å². The molecule has 2 heterocycles. The van der Waals surface area contributed by atoms with Gasteiger partial charge in [0.15, 0.2) is 0 Å². The van der Waals surface area contributed by atoms with Crippen molar-refractivity contribution in [2.24, 2.45) is 11.8 Å². The van der Waals surface area contributed by atoms with Gasteiger partial charge in [0, 0.05) is 47.9 Å². The number of piperidine rings is 1. The molecule has 0 radical (unpaired) electrons. The Kier molecular flexibility index (Phi) is 5.89. The monoisotopic (exact) mass is 447 g/mol. The molecule has 1 saturated carbocycles. The third-order valence-electron chi connectivity index (χ3n) is 6.33. The highest BCUT2D eigenvalue weighted by Crippen LogP contribution is 2.38. The van der Waals surface area contributed by atoms with Crippen LogP contribution in [0.3, 0.4) is 0 Å². The lowest BCUT2D eigenvalue weighted by molar-refractivity contribution is -0.124. The molecule has 6 nitrogen and oxygen atoms in total. The first-order valence-corrected chi connectivity index (χ1v) is 10.8. The summed E-state index contributed by atoms with van der Waals surface area (Å²) in [6.07, 6.45) is 3.76. The van der Waals surface area contributed by atoms with Gasteiger partial charge in [-0.15, -0.1) is 0 Å². The number of rotatable bonds is 4. The van der Waals surface area contributed by atoms with Crippen molar-refractivity contribution in [3.05, 3.63) is 68.1 Å². The molecular formula is C22H23Cl2N3O3. The zero-order valence-corrected chi connectivity index (χ0v) is 18.1. The number of nitrogens with one attached hydrogen (secondary N) is 1. The molecule has 0 spiro atoms. The molecule has 0 unspecified atom stereocenters. The molecule has 2 fully saturated rings. The molecule has 1 aromatic heterocycles. The normalized spacial score (nSPS) is 23.0. The van der Waals surface area contributed by atoms with Crippen LogP contribution in [0.5, 0.6) is 0 Å². The molecule has 1 aliphatic carbocycles. The minimum Gasteiger partial charge on any atom is -0.356 e. The van der Waals surface area contributed by atoms with Gasteiger partial charge in [-0.1, -0.05) is 29.3 Å². The van der Waals surface area contributed by atoms with Crippen molar-refractivity contribution in [2.75, 3.05) is 13.6 Å². The molecule has 2 amide bonds. The summed E-state index contributed by atoms with van der Waals surface area (Å²) >= 11 is 12.5. The molecule has 3 atom stereocenters. The summed E-state index contributed by atoms with van der Waals surface area (Å²) in [5.41, 5.74) is 0.378. The van der Waals surface area contributed by atoms with E-state index in [0.717, 1.165) is 12.8 Å². The number of halogens is 2. The molecule has 158 valence electrons. The predicted octanol–water partition coefficient (Wildman–Crippen LogP) is 3.19. The van der Waals surface area contributed by atoms with Crippen molar-refractivity contribution in [1.29, 1.82) is 0 Å². The molecule has 2 aromatic rings. The number of nitrogens with zero attached hydrogens (tertiary/aromatic N) is 2. The summed E-state index contributed by atoms with van der Waals surface area (Å²) in [6.45, 7) is 0.850. The van der Waals surface area contributed by atoms with E-state index in [2.05, 4.69) is 5.32 Å². The number of carbonyl (C=O) groups is 2. The van der Waals surface area contributed by atoms with Gasteiger partial charge in [-0.05, 0) is 48.9 Å². The van der Waals surface area contributed by atoms with Crippen LogP contribution in [-0.2, 0) is 11.3 Å². The standard InChI is InChI=1S/C22H23Cl2N3O3/c1-26(15-8-13-10-20(28)25-11-14(13)9-15)21(29)16-4-3-7-27(22(16)30)12-17-18(23)5-2-6-19(17)24/h2-7,13-15H,8-12H2,1H3,(H,25,28)/t13-,14+,15-/m1/s1. The fraction of sp³-hybridized carbons (Fsp3) is 0.409. The van der Waals surface area contributed by atoms with Crippen molar-refractivity contribution in [2.45, 2.75) is 31.8 Å². The van der Waals surface area contributed by atoms with E-state index in [-0.39, 0.29) is 35.5 Å². The van der Waals surface area contributed by atoms with E-state index in [4.69, 9.17) is 23.2 Å². The molecule has 1 aromatic carbocycles. The maximum atomic E-state index is 13.1. The molecule has 1 aliphatic heterocycles. The molecular weight excluding hydrogens is 425 g/mol. The number of hydrogen-bond donors (Lipinski definition) is 1. The van der Waals surface area contributed by atoms with E-state index >= 15 is 0 Å². The summed E-state index contributed by atoms with van der Waals surface area (Å²) in [6, 6.07) is 8.44. The minimum absolute atomic E-state index is 0.0197. The molecule has 2 aliphatic rings. The van der Waals surface area contributed by atoms with E-state index in [1.54, 1.807) is 48.5 Å². The van der Waals surface area contributed by atoms with Crippen molar-refractivity contribution >= 4 is 35.0 Å². The van der Waals surface area contributed by atoms with Crippen LogP contribution < -0.4 is 10.9 Å². The summed E-state index contributed by atoms with van der Waals surface area (Å²) in [5.74, 6) is 0.462. The van der Waals surface area contributed by atoms with Gasteiger partial charge in [0.05, 0.1) is 6.54 Å². The zero-order chi connectivity index (χ0) is 21.4. The van der Waals surface area contributed by atoms with Crippen LogP contribution in [0.1, 0.15) is 35.2 Å². The summed E-state index contributed by atoms with van der Waals surface area (Å²) in [5, 5.41) is 3.85. The highest BCUT2D eigenvalue weighted by Gasteiger charge is 2.41. The van der Waals surface area contributed by atoms with Gasteiger partial charge in [0.1, 0.15) is 5.56 Å². The van der Waals surface area contributed by atoms with E-state index < -0.39 is 0 Å². The summed E-state index contributed by atoms with van der Waals surface area (Å²) < 4.78 is 1.45. The lowest BCUT2D eigenvalue weighted by Crippen LogP contribution is -2.39. The number of aromatic nitrogens is 1. The van der Waals surface area contributed by atoms with Crippen molar-refractivity contribution < 1.29 is 9.59 Å². The Morgan fingerprint density at radius 2 is 1.83 bits per heavy atom. The van der Waals surface area contributed by atoms with E-state index in [9.17, 15) is 14.4 Å². The Morgan fingerprint density at radius 3 is 2.57 bits per heavy atom. The Labute approximate surface area is 184 Å². The number of benzene rings is 1. The van der Waals surface area contributed by atoms with Crippen LogP contribution in [0.2, 0.25) is 10.0 Å². The van der Waals surface area contributed by atoms with Crippen LogP contribution >= 0.6 is 23.2 Å². The van der Waals surface area contributed by atoms with E-state index in [0.29, 0.717) is 40.4 Å². The average molecular weight is 448 g/mol. The first-order chi connectivity index (χ1) is 14.3. The van der Waals surface area contributed by atoms with Gasteiger partial charge in [0.25, 0.3) is 11.5 Å². The third kappa shape index (κ3) is 3.98. The van der Waals surface area contributed by atoms with Crippen LogP contribution in [0.15, 0.2) is 41.3 Å². The third-order valence-corrected chi connectivity index (χ3v) is 7.04. The quantitative estimate of drug-likeness (QED) is 0.781. The van der Waals surface area contributed by atoms with Crippen LogP contribution in [-0.4, -0.2) is 40.9 Å². The van der Waals surface area contributed by atoms with Gasteiger partial charge in [0.2, 0.25) is 5.91 Å². The molecule has 8 heteroatoms. The Morgan fingerprint density at radius 1 is 1.13 bits per heavy atom. The summed E-state index contributed by atoms with van der Waals surface area (Å²) in [4.78, 5) is 39.5. The summed E-state index contributed by atoms with van der Waals surface area (Å²) in [7, 11) is 1.74. The van der Waals surface area contributed by atoms with Crippen molar-refractivity contribution in [1.82, 2.24) is 14.8 Å². The SMILES string of the molecule is CN(C(=O)c1cccn(Cc2c(Cl)cccc2Cl)c1=O)[C@H]1C[C@H]2CNC(=O)C[C@H]2C1. The van der Waals surface area contributed by atoms with Crippen molar-refractivity contribution in [3.63, 3.8) is 0 Å². The second-order valence-corrected chi connectivity index (χ2v) is 8.94. The Balaban J connectivity index is 1.54. The van der Waals surface area contributed by atoms with E-state index in [1.165, 1.54) is 4.57 Å². The highest BCUT2D eigenvalue weighted by atomic mass is 35.5. The molecule has 0 bridgehead atoms. The Hall–Kier alpha value is -2.31. The number of fused-ring (bicyclic) bond motifs is 1. The molecule has 1 saturated heterocycles. The number of amides is 2. The minimum atomic E-state index is -0.377. The zero-order valence-electron chi connectivity index (χ0n) is 16.6. The maximum Gasteiger partial charge on any atom is 0.263 e. The molecule has 4 rings (SSSR count). The van der Waals surface area contributed by atoms with Crippen molar-refractivity contribution in [3.8, 4) is 0 Å². The first-order valence-electron chi connectivity index (χ1n) is 10.0. The number of carbonyl (C=O) groups excluding carboxylic acids is 2. The smallest absolute Gasteiger partial charge is 0.263 e. The van der Waals surface area contributed by atoms with Crippen LogP contribution in [0.25, 0.3) is 0 Å². The number of pyridine rings is 1. The number of hydrogen-bond acceptors (Lipinski definition) is 3. The predicted molar refractivity (Wildman–Crippen MR) is 116 cm³/mol. The van der Waals surface area contributed by atoms with Gasteiger partial charge in [-0.25, -0.2) is 0 Å². The van der Waals surface area contributed by atoms with Crippen LogP contribution in [0, 0.1) is 11.8 Å². The topological polar surface area (TPSA) is 71.4 Å². The average Bonchev–Trinajstić information content (AvgIpc) is 3.14. The highest BCUT2D eigenvalue weighted by molar-refractivity contribution is 6.35. The van der Waals surface area contributed by atoms with Gasteiger partial charge in [-0.3, -0.25) is 14.4 Å². The largest absolute Gasteiger partial charge is 0.356 e. The lowest BCUT2D eigenvalue weighted by Gasteiger charge is -2.25. The fourth-order valence-electron chi connectivity index (χ4n) is 4.59. The van der Waals surface area contributed by atoms with Gasteiger partial charge >= 0.3 is 0 Å². The van der Waals surface area contributed by atoms with Crippen LogP contribution in [0.4, 0.5) is 0 Å². The fourth-order valence-corrected chi connectivity index (χ4v) is 5.10. The molecule has 1 N–H and O–H groups in total. The second-order valence-electron chi connectivity index (χ2n) is 8.12. The second kappa shape index (κ2) is 8.44. The van der Waals surface area contributed by atoms with Gasteiger partial charge < -0.3 is 14.8 Å². The molecule has 30 heavy (non-hydrogen) atoms. The lowest BCUT2D eigenvalue weighted by atomic mass is 9.89.